The molecule has 0 unspecified atom stereocenters. The van der Waals surface area contributed by atoms with Crippen molar-refractivity contribution in [1.82, 2.24) is 0 Å². The minimum absolute atomic E-state index is 0.0786. The molecule has 0 saturated carbocycles. The molecule has 0 fully saturated rings. The molecule has 0 saturated heterocycles. The Balaban J connectivity index is 1.81. The zero-order valence-corrected chi connectivity index (χ0v) is 13.3. The summed E-state index contributed by atoms with van der Waals surface area (Å²) in [5.41, 5.74) is 3.50. The summed E-state index contributed by atoms with van der Waals surface area (Å²) in [6.45, 7) is 4.03. The fraction of sp³-hybridized carbons (Fsp3) is 0.222. The summed E-state index contributed by atoms with van der Waals surface area (Å²) in [6, 6.07) is 15.1. The number of rotatable bonds is 6. The molecule has 0 heterocycles. The molecule has 0 radical (unpaired) electrons. The van der Waals surface area contributed by atoms with Crippen molar-refractivity contribution in [2.75, 3.05) is 22.5 Å². The van der Waals surface area contributed by atoms with Crippen molar-refractivity contribution < 1.29 is 9.59 Å². The van der Waals surface area contributed by atoms with E-state index < -0.39 is 0 Å². The van der Waals surface area contributed by atoms with Crippen LogP contribution in [-0.2, 0) is 9.59 Å². The van der Waals surface area contributed by atoms with Crippen LogP contribution in [0.3, 0.4) is 0 Å². The lowest BCUT2D eigenvalue weighted by Crippen LogP contribution is -2.16. The Morgan fingerprint density at radius 1 is 0.913 bits per heavy atom. The van der Waals surface area contributed by atoms with Crippen molar-refractivity contribution in [2.24, 2.45) is 0 Å². The van der Waals surface area contributed by atoms with Crippen molar-refractivity contribution in [3.8, 4) is 0 Å². The lowest BCUT2D eigenvalue weighted by atomic mass is 10.2. The lowest BCUT2D eigenvalue weighted by molar-refractivity contribution is -0.116. The van der Waals surface area contributed by atoms with Crippen molar-refractivity contribution in [3.63, 3.8) is 0 Å². The van der Waals surface area contributed by atoms with Crippen LogP contribution >= 0.6 is 0 Å². The van der Waals surface area contributed by atoms with Crippen molar-refractivity contribution in [3.05, 3.63) is 54.1 Å². The van der Waals surface area contributed by atoms with E-state index in [4.69, 9.17) is 0 Å². The van der Waals surface area contributed by atoms with Gasteiger partial charge in [0.1, 0.15) is 0 Å². The monoisotopic (exact) mass is 311 g/mol. The summed E-state index contributed by atoms with van der Waals surface area (Å²) in [5.74, 6) is -0.221. The van der Waals surface area contributed by atoms with Crippen LogP contribution in [-0.4, -0.2) is 18.4 Å². The third-order valence-electron chi connectivity index (χ3n) is 3.17. The molecule has 120 valence electrons. The largest absolute Gasteiger partial charge is 0.385 e. The smallest absolute Gasteiger partial charge is 0.226 e. The van der Waals surface area contributed by atoms with Crippen molar-refractivity contribution in [1.29, 1.82) is 0 Å². The minimum Gasteiger partial charge on any atom is -0.385 e. The number of benzene rings is 2. The van der Waals surface area contributed by atoms with Crippen LogP contribution in [0.25, 0.3) is 0 Å². The van der Waals surface area contributed by atoms with Crippen LogP contribution in [0.15, 0.2) is 48.5 Å². The summed E-state index contributed by atoms with van der Waals surface area (Å²) in [7, 11) is 0. The van der Waals surface area contributed by atoms with Gasteiger partial charge in [0.2, 0.25) is 11.8 Å². The Morgan fingerprint density at radius 2 is 1.57 bits per heavy atom. The number of nitrogens with one attached hydrogen (secondary N) is 3. The Labute approximate surface area is 136 Å². The SMILES string of the molecule is CC(=O)Nc1cccc(NC(=O)CCNc2cccc(C)c2)c1. The molecular formula is C18H21N3O2. The van der Waals surface area contributed by atoms with E-state index in [1.807, 2.05) is 31.2 Å². The van der Waals surface area contributed by atoms with Gasteiger partial charge in [-0.1, -0.05) is 18.2 Å². The summed E-state index contributed by atoms with van der Waals surface area (Å²) in [4.78, 5) is 23.0. The number of hydrogen-bond acceptors (Lipinski definition) is 3. The van der Waals surface area contributed by atoms with Gasteiger partial charge in [0, 0.05) is 37.0 Å². The molecule has 0 aromatic heterocycles. The molecule has 2 aromatic carbocycles. The average Bonchev–Trinajstić information content (AvgIpc) is 2.47. The zero-order chi connectivity index (χ0) is 16.7. The molecule has 3 N–H and O–H groups in total. The fourth-order valence-corrected chi connectivity index (χ4v) is 2.18. The predicted molar refractivity (Wildman–Crippen MR) is 93.7 cm³/mol. The van der Waals surface area contributed by atoms with E-state index in [0.29, 0.717) is 24.3 Å². The third kappa shape index (κ3) is 5.82. The molecule has 23 heavy (non-hydrogen) atoms. The Morgan fingerprint density at radius 3 is 2.26 bits per heavy atom. The standard InChI is InChI=1S/C18H21N3O2/c1-13-5-3-6-15(11-13)19-10-9-18(23)21-17-8-4-7-16(12-17)20-14(2)22/h3-8,11-12,19H,9-10H2,1-2H3,(H,20,22)(H,21,23). The van der Waals surface area contributed by atoms with E-state index >= 15 is 0 Å². The van der Waals surface area contributed by atoms with Gasteiger partial charge in [-0.3, -0.25) is 9.59 Å². The van der Waals surface area contributed by atoms with E-state index in [1.54, 1.807) is 24.3 Å². The molecule has 2 aromatic rings. The first-order valence-corrected chi connectivity index (χ1v) is 7.51. The van der Waals surface area contributed by atoms with Crippen LogP contribution < -0.4 is 16.0 Å². The van der Waals surface area contributed by atoms with Gasteiger partial charge in [0.15, 0.2) is 0 Å². The first-order valence-electron chi connectivity index (χ1n) is 7.51. The first kappa shape index (κ1) is 16.5. The molecule has 5 nitrogen and oxygen atoms in total. The number of carbonyl (C=O) groups excluding carboxylic acids is 2. The maximum atomic E-state index is 12.0. The number of hydrogen-bond donors (Lipinski definition) is 3. The Hall–Kier alpha value is -2.82. The zero-order valence-electron chi connectivity index (χ0n) is 13.3. The highest BCUT2D eigenvalue weighted by molar-refractivity contribution is 5.93. The van der Waals surface area contributed by atoms with Gasteiger partial charge in [0.25, 0.3) is 0 Å². The second kappa shape index (κ2) is 7.98. The third-order valence-corrected chi connectivity index (χ3v) is 3.17. The van der Waals surface area contributed by atoms with Gasteiger partial charge >= 0.3 is 0 Å². The Kier molecular flexibility index (Phi) is 5.74. The van der Waals surface area contributed by atoms with Crippen LogP contribution in [0.5, 0.6) is 0 Å². The highest BCUT2D eigenvalue weighted by Crippen LogP contribution is 2.15. The van der Waals surface area contributed by atoms with Gasteiger partial charge in [-0.25, -0.2) is 0 Å². The van der Waals surface area contributed by atoms with Crippen molar-refractivity contribution in [2.45, 2.75) is 20.3 Å². The molecule has 0 spiro atoms. The summed E-state index contributed by atoms with van der Waals surface area (Å²) in [5, 5.41) is 8.73. The van der Waals surface area contributed by atoms with Crippen LogP contribution in [0, 0.1) is 6.92 Å². The second-order valence-corrected chi connectivity index (χ2v) is 5.36. The molecule has 0 aliphatic rings. The maximum absolute atomic E-state index is 12.0. The van der Waals surface area contributed by atoms with Crippen LogP contribution in [0.4, 0.5) is 17.1 Å². The number of carbonyl (C=O) groups is 2. The van der Waals surface area contributed by atoms with E-state index in [-0.39, 0.29) is 11.8 Å². The number of anilines is 3. The van der Waals surface area contributed by atoms with Gasteiger partial charge in [-0.05, 0) is 42.8 Å². The molecule has 0 aliphatic heterocycles. The topological polar surface area (TPSA) is 70.2 Å². The van der Waals surface area contributed by atoms with Crippen molar-refractivity contribution >= 4 is 28.9 Å². The fourth-order valence-electron chi connectivity index (χ4n) is 2.18. The quantitative estimate of drug-likeness (QED) is 0.766. The normalized spacial score (nSPS) is 10.0. The number of amides is 2. The van der Waals surface area contributed by atoms with Crippen LogP contribution in [0.1, 0.15) is 18.9 Å². The first-order chi connectivity index (χ1) is 11.0. The second-order valence-electron chi connectivity index (χ2n) is 5.36. The summed E-state index contributed by atoms with van der Waals surface area (Å²) >= 11 is 0. The highest BCUT2D eigenvalue weighted by atomic mass is 16.2. The molecule has 0 aliphatic carbocycles. The summed E-state index contributed by atoms with van der Waals surface area (Å²) in [6.07, 6.45) is 0.359. The van der Waals surface area contributed by atoms with E-state index in [2.05, 4.69) is 16.0 Å². The van der Waals surface area contributed by atoms with Crippen LogP contribution in [0.2, 0.25) is 0 Å². The number of aryl methyl sites for hydroxylation is 1. The minimum atomic E-state index is -0.143. The summed E-state index contributed by atoms with van der Waals surface area (Å²) < 4.78 is 0. The average molecular weight is 311 g/mol. The van der Waals surface area contributed by atoms with Gasteiger partial charge in [0.05, 0.1) is 0 Å². The molecule has 5 heteroatoms. The highest BCUT2D eigenvalue weighted by Gasteiger charge is 2.04. The molecule has 0 atom stereocenters. The predicted octanol–water partition coefficient (Wildman–Crippen LogP) is 3.39. The van der Waals surface area contributed by atoms with Gasteiger partial charge in [-0.2, -0.15) is 0 Å². The molecular weight excluding hydrogens is 290 g/mol. The van der Waals surface area contributed by atoms with E-state index in [1.165, 1.54) is 12.5 Å². The molecule has 2 rings (SSSR count). The van der Waals surface area contributed by atoms with E-state index in [0.717, 1.165) is 5.69 Å². The van der Waals surface area contributed by atoms with E-state index in [9.17, 15) is 9.59 Å². The maximum Gasteiger partial charge on any atom is 0.226 e. The molecule has 2 amide bonds. The lowest BCUT2D eigenvalue weighted by Gasteiger charge is -2.09. The molecule has 0 bridgehead atoms. The van der Waals surface area contributed by atoms with Gasteiger partial charge in [-0.15, -0.1) is 0 Å². The van der Waals surface area contributed by atoms with Gasteiger partial charge < -0.3 is 16.0 Å². The Bertz CT molecular complexity index is 698.